The summed E-state index contributed by atoms with van der Waals surface area (Å²) in [5.41, 5.74) is 0. The van der Waals surface area contributed by atoms with Crippen LogP contribution in [0.5, 0.6) is 0 Å². The van der Waals surface area contributed by atoms with E-state index in [0.717, 1.165) is 70.2 Å². The smallest absolute Gasteiger partial charge is 0.222 e. The van der Waals surface area contributed by atoms with Crippen molar-refractivity contribution in [2.75, 3.05) is 45.0 Å². The van der Waals surface area contributed by atoms with E-state index in [-0.39, 0.29) is 0 Å². The Bertz CT molecular complexity index is 622. The molecule has 0 saturated carbocycles. The molecule has 0 bridgehead atoms. The zero-order valence-electron chi connectivity index (χ0n) is 16.4. The molecule has 6 heteroatoms. The predicted molar refractivity (Wildman–Crippen MR) is 113 cm³/mol. The van der Waals surface area contributed by atoms with E-state index < -0.39 is 0 Å². The van der Waals surface area contributed by atoms with E-state index in [0.29, 0.717) is 11.8 Å². The highest BCUT2D eigenvalue weighted by atomic mass is 32.2. The molecule has 0 spiro atoms. The largest absolute Gasteiger partial charge is 0.357 e. The maximum atomic E-state index is 11.7. The van der Waals surface area contributed by atoms with Crippen molar-refractivity contribution >= 4 is 23.6 Å². The van der Waals surface area contributed by atoms with E-state index >= 15 is 0 Å². The Morgan fingerprint density at radius 2 is 2.15 bits per heavy atom. The van der Waals surface area contributed by atoms with Gasteiger partial charge in [-0.3, -0.25) is 9.79 Å². The van der Waals surface area contributed by atoms with Crippen molar-refractivity contribution in [3.8, 4) is 0 Å². The number of rotatable bonds is 8. The first-order valence-corrected chi connectivity index (χ1v) is 11.2. The van der Waals surface area contributed by atoms with Gasteiger partial charge < -0.3 is 15.1 Å². The van der Waals surface area contributed by atoms with E-state index in [1.54, 1.807) is 0 Å². The molecule has 1 atom stereocenters. The second-order valence-electron chi connectivity index (χ2n) is 7.30. The second kappa shape index (κ2) is 10.6. The van der Waals surface area contributed by atoms with Crippen LogP contribution < -0.4 is 5.32 Å². The third kappa shape index (κ3) is 6.16. The summed E-state index contributed by atoms with van der Waals surface area (Å²) in [6, 6.07) is 10.7. The number of guanidine groups is 1. The number of carbonyl (C=O) groups excluding carboxylic acids is 1. The summed E-state index contributed by atoms with van der Waals surface area (Å²) in [5.74, 6) is 3.22. The molecule has 2 aliphatic rings. The minimum atomic E-state index is 0.309. The number of carbonyl (C=O) groups is 1. The Morgan fingerprint density at radius 3 is 2.89 bits per heavy atom. The van der Waals surface area contributed by atoms with Crippen LogP contribution in [-0.2, 0) is 4.79 Å². The Labute approximate surface area is 167 Å². The summed E-state index contributed by atoms with van der Waals surface area (Å²) in [6.45, 7) is 7.73. The fraction of sp³-hybridized carbons (Fsp3) is 0.619. The van der Waals surface area contributed by atoms with Gasteiger partial charge in [-0.1, -0.05) is 18.2 Å². The number of aliphatic imine (C=N–C) groups is 1. The lowest BCUT2D eigenvalue weighted by Crippen LogP contribution is -2.40. The van der Waals surface area contributed by atoms with Crippen molar-refractivity contribution < 1.29 is 4.79 Å². The van der Waals surface area contributed by atoms with Crippen LogP contribution in [0.15, 0.2) is 40.2 Å². The fourth-order valence-electron chi connectivity index (χ4n) is 3.70. The van der Waals surface area contributed by atoms with Gasteiger partial charge in [0.2, 0.25) is 5.91 Å². The molecule has 3 rings (SSSR count). The predicted octanol–water partition coefficient (Wildman–Crippen LogP) is 3.08. The zero-order chi connectivity index (χ0) is 18.9. The van der Waals surface area contributed by atoms with Crippen molar-refractivity contribution in [2.45, 2.75) is 37.5 Å². The van der Waals surface area contributed by atoms with Gasteiger partial charge in [-0.25, -0.2) is 0 Å². The van der Waals surface area contributed by atoms with E-state index in [4.69, 9.17) is 4.99 Å². The molecule has 2 saturated heterocycles. The number of hydrogen-bond donors (Lipinski definition) is 1. The first kappa shape index (κ1) is 20.1. The summed E-state index contributed by atoms with van der Waals surface area (Å²) in [7, 11) is 0. The van der Waals surface area contributed by atoms with Crippen molar-refractivity contribution in [2.24, 2.45) is 10.9 Å². The normalized spacial score (nSPS) is 20.6. The molecule has 5 nitrogen and oxygen atoms in total. The molecule has 148 valence electrons. The molecule has 2 heterocycles. The molecule has 1 unspecified atom stereocenters. The molecular formula is C21H32N4OS. The van der Waals surface area contributed by atoms with Gasteiger partial charge in [0.05, 0.1) is 0 Å². The minimum Gasteiger partial charge on any atom is -0.357 e. The highest BCUT2D eigenvalue weighted by Crippen LogP contribution is 2.25. The van der Waals surface area contributed by atoms with Gasteiger partial charge in [-0.2, -0.15) is 0 Å². The maximum Gasteiger partial charge on any atom is 0.222 e. The van der Waals surface area contributed by atoms with Gasteiger partial charge in [-0.15, -0.1) is 11.8 Å². The third-order valence-electron chi connectivity index (χ3n) is 5.17. The van der Waals surface area contributed by atoms with E-state index in [1.165, 1.54) is 11.3 Å². The number of nitrogens with zero attached hydrogens (tertiary/aromatic N) is 3. The van der Waals surface area contributed by atoms with Crippen molar-refractivity contribution in [1.29, 1.82) is 0 Å². The Balaban J connectivity index is 1.42. The molecule has 1 aromatic carbocycles. The van der Waals surface area contributed by atoms with Crippen LogP contribution in [0, 0.1) is 5.92 Å². The molecule has 0 aromatic heterocycles. The third-order valence-corrected chi connectivity index (χ3v) is 6.41. The first-order valence-electron chi connectivity index (χ1n) is 10.2. The van der Waals surface area contributed by atoms with Crippen LogP contribution >= 0.6 is 11.8 Å². The maximum absolute atomic E-state index is 11.7. The Morgan fingerprint density at radius 1 is 1.30 bits per heavy atom. The minimum absolute atomic E-state index is 0.309. The van der Waals surface area contributed by atoms with Gasteiger partial charge in [0.15, 0.2) is 5.96 Å². The quantitative estimate of drug-likeness (QED) is 0.322. The van der Waals surface area contributed by atoms with Crippen LogP contribution in [0.2, 0.25) is 0 Å². The number of thioether (sulfide) groups is 1. The van der Waals surface area contributed by atoms with Crippen LogP contribution in [0.1, 0.15) is 32.6 Å². The molecule has 1 aromatic rings. The second-order valence-corrected chi connectivity index (χ2v) is 8.39. The average molecular weight is 389 g/mol. The van der Waals surface area contributed by atoms with Crippen molar-refractivity contribution in [3.05, 3.63) is 30.3 Å². The lowest BCUT2D eigenvalue weighted by molar-refractivity contribution is -0.127. The number of likely N-dealkylation sites (tertiary alicyclic amines) is 2. The summed E-state index contributed by atoms with van der Waals surface area (Å²) in [5, 5.41) is 3.44. The molecule has 2 fully saturated rings. The standard InChI is InChI=1S/C21H32N4OS/c1-2-22-21(23-12-7-14-24-13-6-10-20(24)26)25-15-11-18(16-25)17-27-19-8-4-3-5-9-19/h3-5,8-9,18H,2,6-7,10-17H2,1H3,(H,22,23). The first-order chi connectivity index (χ1) is 13.3. The average Bonchev–Trinajstić information content (AvgIpc) is 3.32. The summed E-state index contributed by atoms with van der Waals surface area (Å²) < 4.78 is 0. The van der Waals surface area contributed by atoms with Crippen LogP contribution in [-0.4, -0.2) is 66.7 Å². The van der Waals surface area contributed by atoms with Gasteiger partial charge in [0, 0.05) is 56.3 Å². The zero-order valence-corrected chi connectivity index (χ0v) is 17.2. The Kier molecular flexibility index (Phi) is 7.87. The van der Waals surface area contributed by atoms with Crippen LogP contribution in [0.4, 0.5) is 0 Å². The van der Waals surface area contributed by atoms with E-state index in [9.17, 15) is 4.79 Å². The van der Waals surface area contributed by atoms with Crippen molar-refractivity contribution in [1.82, 2.24) is 15.1 Å². The molecule has 0 aliphatic carbocycles. The SMILES string of the molecule is CCNC(=NCCCN1CCCC1=O)N1CCC(CSc2ccccc2)C1. The molecule has 0 radical (unpaired) electrons. The van der Waals surface area contributed by atoms with Crippen LogP contribution in [0.25, 0.3) is 0 Å². The van der Waals surface area contributed by atoms with Gasteiger partial charge in [0.1, 0.15) is 0 Å². The molecular weight excluding hydrogens is 356 g/mol. The molecule has 27 heavy (non-hydrogen) atoms. The summed E-state index contributed by atoms with van der Waals surface area (Å²) >= 11 is 1.96. The highest BCUT2D eigenvalue weighted by Gasteiger charge is 2.25. The van der Waals surface area contributed by atoms with Gasteiger partial charge in [-0.05, 0) is 44.2 Å². The van der Waals surface area contributed by atoms with Gasteiger partial charge in [0.25, 0.3) is 0 Å². The molecule has 2 aliphatic heterocycles. The van der Waals surface area contributed by atoms with E-state index in [2.05, 4.69) is 47.5 Å². The molecule has 1 amide bonds. The lowest BCUT2D eigenvalue weighted by Gasteiger charge is -2.22. The fourth-order valence-corrected chi connectivity index (χ4v) is 4.75. The van der Waals surface area contributed by atoms with Crippen LogP contribution in [0.3, 0.4) is 0 Å². The number of amides is 1. The number of hydrogen-bond acceptors (Lipinski definition) is 3. The Hall–Kier alpha value is -1.69. The summed E-state index contributed by atoms with van der Waals surface area (Å²) in [4.78, 5) is 22.2. The number of nitrogens with one attached hydrogen (secondary N) is 1. The van der Waals surface area contributed by atoms with Crippen molar-refractivity contribution in [3.63, 3.8) is 0 Å². The monoisotopic (exact) mass is 388 g/mol. The topological polar surface area (TPSA) is 47.9 Å². The molecule has 1 N–H and O–H groups in total. The summed E-state index contributed by atoms with van der Waals surface area (Å²) in [6.07, 6.45) is 3.91. The number of benzene rings is 1. The lowest BCUT2D eigenvalue weighted by atomic mass is 10.2. The van der Waals surface area contributed by atoms with Gasteiger partial charge >= 0.3 is 0 Å². The van der Waals surface area contributed by atoms with E-state index in [1.807, 2.05) is 16.7 Å². The highest BCUT2D eigenvalue weighted by molar-refractivity contribution is 7.99.